The first-order valence-corrected chi connectivity index (χ1v) is 10.4. The van der Waals surface area contributed by atoms with Crippen molar-refractivity contribution in [3.63, 3.8) is 0 Å². The van der Waals surface area contributed by atoms with Gasteiger partial charge in [-0.1, -0.05) is 12.1 Å². The van der Waals surface area contributed by atoms with Crippen LogP contribution in [0.3, 0.4) is 0 Å². The molecule has 2 aliphatic heterocycles. The highest BCUT2D eigenvalue weighted by molar-refractivity contribution is 7.09. The first kappa shape index (κ1) is 20.0. The molecule has 0 aliphatic carbocycles. The van der Waals surface area contributed by atoms with Crippen LogP contribution in [0.2, 0.25) is 0 Å². The fourth-order valence-electron chi connectivity index (χ4n) is 3.54. The molecule has 3 amide bonds. The average molecular weight is 431 g/mol. The second-order valence-corrected chi connectivity index (χ2v) is 8.09. The van der Waals surface area contributed by atoms with Gasteiger partial charge < -0.3 is 30.1 Å². The molecule has 4 rings (SSSR count). The van der Waals surface area contributed by atoms with E-state index < -0.39 is 24.1 Å². The van der Waals surface area contributed by atoms with E-state index in [4.69, 9.17) is 9.47 Å². The van der Waals surface area contributed by atoms with E-state index in [-0.39, 0.29) is 19.1 Å². The number of carboxylic acids is 1. The number of rotatable bonds is 7. The maximum absolute atomic E-state index is 12.6. The molecule has 158 valence electrons. The van der Waals surface area contributed by atoms with Crippen LogP contribution in [0.1, 0.15) is 29.3 Å². The van der Waals surface area contributed by atoms with Crippen molar-refractivity contribution in [1.29, 1.82) is 0 Å². The van der Waals surface area contributed by atoms with E-state index in [1.165, 1.54) is 0 Å². The number of urea groups is 1. The lowest BCUT2D eigenvalue weighted by molar-refractivity contribution is -0.137. The topological polar surface area (TPSA) is 117 Å². The van der Waals surface area contributed by atoms with Crippen molar-refractivity contribution >= 4 is 29.2 Å². The number of carbonyl (C=O) groups excluding carboxylic acids is 2. The minimum atomic E-state index is -1.06. The fraction of sp³-hybridized carbons (Fsp3) is 0.350. The number of carboxylic acid groups (broad SMARTS) is 1. The Hall–Kier alpha value is -3.27. The van der Waals surface area contributed by atoms with Crippen LogP contribution in [0.5, 0.6) is 11.5 Å². The van der Waals surface area contributed by atoms with Crippen molar-refractivity contribution in [3.05, 3.63) is 46.2 Å². The molecule has 10 heteroatoms. The summed E-state index contributed by atoms with van der Waals surface area (Å²) in [7, 11) is 0. The predicted molar refractivity (Wildman–Crippen MR) is 107 cm³/mol. The quantitative estimate of drug-likeness (QED) is 0.618. The molecule has 1 aromatic heterocycles. The van der Waals surface area contributed by atoms with Crippen molar-refractivity contribution in [2.75, 3.05) is 13.3 Å². The van der Waals surface area contributed by atoms with E-state index in [9.17, 15) is 19.5 Å². The number of carbonyl (C=O) groups is 3. The molecular weight excluding hydrogens is 410 g/mol. The maximum atomic E-state index is 12.6. The third-order valence-electron chi connectivity index (χ3n) is 5.01. The van der Waals surface area contributed by atoms with Gasteiger partial charge in [-0.3, -0.25) is 9.59 Å². The Morgan fingerprint density at radius 1 is 1.27 bits per heavy atom. The van der Waals surface area contributed by atoms with Crippen LogP contribution in [0.25, 0.3) is 0 Å². The molecule has 2 atom stereocenters. The second kappa shape index (κ2) is 8.62. The zero-order chi connectivity index (χ0) is 21.1. The Kier molecular flexibility index (Phi) is 5.75. The third kappa shape index (κ3) is 4.48. The van der Waals surface area contributed by atoms with Crippen LogP contribution in [0.4, 0.5) is 4.79 Å². The molecule has 0 radical (unpaired) electrons. The molecule has 3 heterocycles. The molecule has 1 saturated heterocycles. The number of hydrogen-bond acceptors (Lipinski definition) is 6. The lowest BCUT2D eigenvalue weighted by Gasteiger charge is -2.20. The van der Waals surface area contributed by atoms with Crippen molar-refractivity contribution in [2.24, 2.45) is 0 Å². The van der Waals surface area contributed by atoms with Gasteiger partial charge in [0, 0.05) is 11.4 Å². The van der Waals surface area contributed by atoms with Crippen LogP contribution >= 0.6 is 11.3 Å². The summed E-state index contributed by atoms with van der Waals surface area (Å²) in [4.78, 5) is 39.2. The normalized spacial score (nSPS) is 18.3. The predicted octanol–water partition coefficient (Wildman–Crippen LogP) is 2.09. The number of ether oxygens (including phenoxy) is 2. The molecule has 9 nitrogen and oxygen atoms in total. The van der Waals surface area contributed by atoms with Gasteiger partial charge in [-0.2, -0.15) is 0 Å². The molecule has 1 aromatic carbocycles. The van der Waals surface area contributed by atoms with E-state index >= 15 is 0 Å². The summed E-state index contributed by atoms with van der Waals surface area (Å²) < 4.78 is 10.6. The van der Waals surface area contributed by atoms with E-state index in [0.717, 1.165) is 4.88 Å². The highest BCUT2D eigenvalue weighted by Crippen LogP contribution is 2.34. The molecule has 0 saturated carbocycles. The minimum absolute atomic E-state index is 0.0993. The number of nitrogens with zero attached hydrogens (tertiary/aromatic N) is 1. The van der Waals surface area contributed by atoms with Crippen LogP contribution in [0.15, 0.2) is 35.7 Å². The van der Waals surface area contributed by atoms with E-state index in [1.54, 1.807) is 34.4 Å². The first-order chi connectivity index (χ1) is 14.5. The van der Waals surface area contributed by atoms with Crippen molar-refractivity contribution in [2.45, 2.75) is 31.5 Å². The number of amides is 3. The lowest BCUT2D eigenvalue weighted by atomic mass is 10.0. The fourth-order valence-corrected chi connectivity index (χ4v) is 4.25. The van der Waals surface area contributed by atoms with Gasteiger partial charge in [-0.15, -0.1) is 11.3 Å². The summed E-state index contributed by atoms with van der Waals surface area (Å²) in [6.07, 6.45) is 0.196. The van der Waals surface area contributed by atoms with Crippen molar-refractivity contribution in [1.82, 2.24) is 15.5 Å². The standard InChI is InChI=1S/C20H21N3O6S/c24-18(25)9-15(12-3-4-16-17(8-12)29-11-28-16)22-20(27)21-14-5-6-23(19(14)26)10-13-2-1-7-30-13/h1-4,7-8,14-15H,5-6,9-11H2,(H,24,25)(H2,21,22,27)/t14-,15+/m0/s1. The summed E-state index contributed by atoms with van der Waals surface area (Å²) in [6, 6.07) is 6.91. The number of aliphatic carboxylic acids is 1. The molecule has 0 bridgehead atoms. The number of fused-ring (bicyclic) bond motifs is 1. The number of benzene rings is 1. The zero-order valence-electron chi connectivity index (χ0n) is 16.0. The summed E-state index contributed by atoms with van der Waals surface area (Å²) >= 11 is 1.58. The van der Waals surface area contributed by atoms with Gasteiger partial charge >= 0.3 is 12.0 Å². The largest absolute Gasteiger partial charge is 0.481 e. The monoisotopic (exact) mass is 431 g/mol. The van der Waals surface area contributed by atoms with Gasteiger partial charge in [0.1, 0.15) is 6.04 Å². The molecular formula is C20H21N3O6S. The highest BCUT2D eigenvalue weighted by Gasteiger charge is 2.33. The molecule has 2 aromatic rings. The Balaban J connectivity index is 1.38. The smallest absolute Gasteiger partial charge is 0.315 e. The molecule has 30 heavy (non-hydrogen) atoms. The van der Waals surface area contributed by atoms with Gasteiger partial charge in [0.15, 0.2) is 11.5 Å². The molecule has 0 unspecified atom stereocenters. The summed E-state index contributed by atoms with van der Waals surface area (Å²) in [5, 5.41) is 16.5. The minimum Gasteiger partial charge on any atom is -0.481 e. The summed E-state index contributed by atoms with van der Waals surface area (Å²) in [6.45, 7) is 1.18. The highest BCUT2D eigenvalue weighted by atomic mass is 32.1. The Labute approximate surface area is 176 Å². The number of nitrogens with one attached hydrogen (secondary N) is 2. The summed E-state index contributed by atoms with van der Waals surface area (Å²) in [5.41, 5.74) is 0.578. The third-order valence-corrected chi connectivity index (χ3v) is 5.87. The number of hydrogen-bond donors (Lipinski definition) is 3. The second-order valence-electron chi connectivity index (χ2n) is 7.06. The van der Waals surface area contributed by atoms with Gasteiger partial charge in [0.25, 0.3) is 0 Å². The lowest BCUT2D eigenvalue weighted by Crippen LogP contribution is -2.47. The van der Waals surface area contributed by atoms with Crippen molar-refractivity contribution < 1.29 is 29.0 Å². The van der Waals surface area contributed by atoms with Crippen molar-refractivity contribution in [3.8, 4) is 11.5 Å². The Morgan fingerprint density at radius 2 is 2.10 bits per heavy atom. The SMILES string of the molecule is O=C(O)C[C@@H](NC(=O)N[C@H]1CCN(Cc2cccs2)C1=O)c1ccc2c(c1)OCO2. The van der Waals surface area contributed by atoms with E-state index in [1.807, 2.05) is 17.5 Å². The van der Waals surface area contributed by atoms with E-state index in [0.29, 0.717) is 36.6 Å². The molecule has 0 spiro atoms. The Morgan fingerprint density at radius 3 is 2.87 bits per heavy atom. The molecule has 3 N–H and O–H groups in total. The average Bonchev–Trinajstić information content (AvgIpc) is 3.45. The maximum Gasteiger partial charge on any atom is 0.315 e. The van der Waals surface area contributed by atoms with Crippen LogP contribution in [-0.2, 0) is 16.1 Å². The van der Waals surface area contributed by atoms with Crippen LogP contribution in [-0.4, -0.2) is 47.3 Å². The van der Waals surface area contributed by atoms with Gasteiger partial charge in [0.2, 0.25) is 12.7 Å². The van der Waals surface area contributed by atoms with Crippen LogP contribution in [0, 0.1) is 0 Å². The van der Waals surface area contributed by atoms with E-state index in [2.05, 4.69) is 10.6 Å². The molecule has 1 fully saturated rings. The van der Waals surface area contributed by atoms with Gasteiger partial charge in [-0.25, -0.2) is 4.79 Å². The summed E-state index contributed by atoms with van der Waals surface area (Å²) in [5.74, 6) is -0.131. The zero-order valence-corrected chi connectivity index (χ0v) is 16.8. The number of thiophene rings is 1. The van der Waals surface area contributed by atoms with Gasteiger partial charge in [-0.05, 0) is 35.6 Å². The molecule has 2 aliphatic rings. The Bertz CT molecular complexity index is 948. The number of likely N-dealkylation sites (tertiary alicyclic amines) is 1. The first-order valence-electron chi connectivity index (χ1n) is 9.49. The van der Waals surface area contributed by atoms with Crippen LogP contribution < -0.4 is 20.1 Å². The van der Waals surface area contributed by atoms with Gasteiger partial charge in [0.05, 0.1) is 19.0 Å².